The molecule has 0 aliphatic rings. The van der Waals surface area contributed by atoms with Crippen LogP contribution >= 0.6 is 0 Å². The third kappa shape index (κ3) is 11.6. The standard InChI is InChI=1S/C21H22F3NO6.2C2H6.H2O2/c1-2-16(27)19(28)18(10-25-11-26)31-17-8-7-14(9-15(17)21(22,23)24)12-3-5-13(6-4-12)20(29)30;3*1-2/h3-9,11,16,18-19,27-28H,2,10H2,1H3,(H,25,26)(H,29,30);2*1-2H3;1-2H. The van der Waals surface area contributed by atoms with Gasteiger partial charge in [-0.05, 0) is 41.8 Å². The Morgan fingerprint density at radius 1 is 1.00 bits per heavy atom. The van der Waals surface area contributed by atoms with Gasteiger partial charge in [0.2, 0.25) is 6.41 Å². The Kier molecular flexibility index (Phi) is 18.5. The summed E-state index contributed by atoms with van der Waals surface area (Å²) >= 11 is 0. The number of carbonyl (C=O) groups is 2. The molecule has 9 nitrogen and oxygen atoms in total. The van der Waals surface area contributed by atoms with Gasteiger partial charge >= 0.3 is 12.1 Å². The molecule has 6 N–H and O–H groups in total. The van der Waals surface area contributed by atoms with Gasteiger partial charge in [0.1, 0.15) is 18.0 Å². The van der Waals surface area contributed by atoms with Gasteiger partial charge in [0, 0.05) is 0 Å². The fourth-order valence-corrected chi connectivity index (χ4v) is 2.89. The highest BCUT2D eigenvalue weighted by Gasteiger charge is 2.36. The third-order valence-electron chi connectivity index (χ3n) is 4.62. The molecule has 12 heteroatoms. The number of ether oxygens (including phenoxy) is 1. The van der Waals surface area contributed by atoms with Gasteiger partial charge in [0.15, 0.2) is 0 Å². The molecule has 210 valence electrons. The van der Waals surface area contributed by atoms with Crippen LogP contribution in [-0.2, 0) is 11.0 Å². The van der Waals surface area contributed by atoms with E-state index in [1.807, 2.05) is 27.7 Å². The number of aliphatic hydroxyl groups is 2. The van der Waals surface area contributed by atoms with Crippen LogP contribution in [0, 0.1) is 0 Å². The van der Waals surface area contributed by atoms with Crippen molar-refractivity contribution in [2.24, 2.45) is 0 Å². The lowest BCUT2D eigenvalue weighted by Gasteiger charge is -2.28. The summed E-state index contributed by atoms with van der Waals surface area (Å²) in [6.07, 6.45) is -8.51. The van der Waals surface area contributed by atoms with Crippen molar-refractivity contribution in [2.75, 3.05) is 6.54 Å². The fraction of sp³-hybridized carbons (Fsp3) is 0.440. The van der Waals surface area contributed by atoms with E-state index in [0.717, 1.165) is 12.1 Å². The van der Waals surface area contributed by atoms with Crippen molar-refractivity contribution < 1.29 is 53.3 Å². The molecule has 0 aliphatic heterocycles. The van der Waals surface area contributed by atoms with E-state index in [1.54, 1.807) is 6.92 Å². The highest BCUT2D eigenvalue weighted by molar-refractivity contribution is 5.88. The van der Waals surface area contributed by atoms with Gasteiger partial charge in [-0.15, -0.1) is 0 Å². The first kappa shape index (κ1) is 36.0. The molecule has 0 bridgehead atoms. The van der Waals surface area contributed by atoms with E-state index in [4.69, 9.17) is 20.4 Å². The van der Waals surface area contributed by atoms with Gasteiger partial charge in [-0.2, -0.15) is 13.2 Å². The predicted octanol–water partition coefficient (Wildman–Crippen LogP) is 4.77. The van der Waals surface area contributed by atoms with Gasteiger partial charge in [-0.3, -0.25) is 15.3 Å². The average molecular weight is 536 g/mol. The molecular weight excluding hydrogens is 499 g/mol. The Labute approximate surface area is 214 Å². The molecule has 2 rings (SSSR count). The van der Waals surface area contributed by atoms with E-state index in [2.05, 4.69) is 5.32 Å². The molecule has 0 heterocycles. The van der Waals surface area contributed by atoms with E-state index >= 15 is 0 Å². The second kappa shape index (κ2) is 19.0. The first-order valence-electron chi connectivity index (χ1n) is 11.5. The minimum absolute atomic E-state index is 0.00580. The van der Waals surface area contributed by atoms with Crippen LogP contribution in [0.15, 0.2) is 42.5 Å². The summed E-state index contributed by atoms with van der Waals surface area (Å²) in [5, 5.41) is 43.2. The van der Waals surface area contributed by atoms with Crippen LogP contribution in [0.3, 0.4) is 0 Å². The summed E-state index contributed by atoms with van der Waals surface area (Å²) in [5.41, 5.74) is -0.591. The maximum atomic E-state index is 13.7. The number of aromatic carboxylic acids is 1. The Morgan fingerprint density at radius 3 is 1.95 bits per heavy atom. The van der Waals surface area contributed by atoms with Crippen molar-refractivity contribution in [2.45, 2.75) is 65.5 Å². The minimum atomic E-state index is -4.80. The Bertz CT molecular complexity index is 908. The number of halogens is 3. The predicted molar refractivity (Wildman–Crippen MR) is 133 cm³/mol. The first-order chi connectivity index (χ1) is 17.6. The van der Waals surface area contributed by atoms with E-state index in [-0.39, 0.29) is 24.1 Å². The van der Waals surface area contributed by atoms with Gasteiger partial charge in [-0.1, -0.05) is 52.8 Å². The van der Waals surface area contributed by atoms with E-state index in [1.165, 1.54) is 30.3 Å². The number of amides is 1. The zero-order valence-corrected chi connectivity index (χ0v) is 21.4. The molecule has 0 spiro atoms. The molecule has 3 unspecified atom stereocenters. The van der Waals surface area contributed by atoms with Crippen LogP contribution in [0.1, 0.15) is 57.0 Å². The number of nitrogens with one attached hydrogen (secondary N) is 1. The number of hydrogen-bond donors (Lipinski definition) is 6. The number of hydrogen-bond acceptors (Lipinski definition) is 7. The van der Waals surface area contributed by atoms with Crippen LogP contribution in [0.25, 0.3) is 11.1 Å². The molecular formula is C25H36F3NO8. The smallest absolute Gasteiger partial charge is 0.419 e. The molecule has 0 aliphatic carbocycles. The number of benzene rings is 2. The topological polar surface area (TPSA) is 157 Å². The second-order valence-electron chi connectivity index (χ2n) is 6.74. The molecule has 0 fully saturated rings. The number of carbonyl (C=O) groups excluding carboxylic acids is 1. The number of carboxylic acids is 1. The molecule has 3 atom stereocenters. The number of rotatable bonds is 10. The average Bonchev–Trinajstić information content (AvgIpc) is 2.93. The minimum Gasteiger partial charge on any atom is -0.485 e. The summed E-state index contributed by atoms with van der Waals surface area (Å²) < 4.78 is 46.5. The van der Waals surface area contributed by atoms with Gasteiger partial charge < -0.3 is 25.4 Å². The van der Waals surface area contributed by atoms with Crippen molar-refractivity contribution in [1.82, 2.24) is 5.32 Å². The van der Waals surface area contributed by atoms with Gasteiger partial charge in [0.25, 0.3) is 0 Å². The van der Waals surface area contributed by atoms with Gasteiger partial charge in [0.05, 0.1) is 23.8 Å². The molecule has 2 aromatic rings. The largest absolute Gasteiger partial charge is 0.485 e. The summed E-state index contributed by atoms with van der Waals surface area (Å²) in [5.74, 6) is -1.74. The van der Waals surface area contributed by atoms with Crippen molar-refractivity contribution in [3.63, 3.8) is 0 Å². The molecule has 2 aromatic carbocycles. The lowest BCUT2D eigenvalue weighted by molar-refractivity contribution is -0.176. The van der Waals surface area contributed by atoms with Crippen LogP contribution in [0.4, 0.5) is 13.2 Å². The number of aliphatic hydroxyl groups excluding tert-OH is 2. The summed E-state index contributed by atoms with van der Waals surface area (Å²) in [6.45, 7) is 9.25. The molecule has 1 amide bonds. The highest BCUT2D eigenvalue weighted by Crippen LogP contribution is 2.39. The van der Waals surface area contributed by atoms with Crippen molar-refractivity contribution in [3.05, 3.63) is 53.6 Å². The Hall–Kier alpha value is -3.19. The van der Waals surface area contributed by atoms with Crippen molar-refractivity contribution in [1.29, 1.82) is 0 Å². The lowest BCUT2D eigenvalue weighted by Crippen LogP contribution is -2.46. The Morgan fingerprint density at radius 2 is 1.51 bits per heavy atom. The van der Waals surface area contributed by atoms with E-state index in [9.17, 15) is 33.0 Å². The number of carboxylic acid groups (broad SMARTS) is 1. The zero-order valence-electron chi connectivity index (χ0n) is 21.4. The van der Waals surface area contributed by atoms with Crippen molar-refractivity contribution in [3.8, 4) is 16.9 Å². The quantitative estimate of drug-likeness (QED) is 0.144. The fourth-order valence-electron chi connectivity index (χ4n) is 2.89. The van der Waals surface area contributed by atoms with Crippen LogP contribution < -0.4 is 10.1 Å². The van der Waals surface area contributed by atoms with Crippen molar-refractivity contribution >= 4 is 12.4 Å². The zero-order chi connectivity index (χ0) is 29.2. The van der Waals surface area contributed by atoms with Crippen LogP contribution in [-0.4, -0.2) is 63.1 Å². The molecule has 0 saturated heterocycles. The van der Waals surface area contributed by atoms with E-state index in [0.29, 0.717) is 12.0 Å². The summed E-state index contributed by atoms with van der Waals surface area (Å²) in [7, 11) is 0. The van der Waals surface area contributed by atoms with Crippen LogP contribution in [0.5, 0.6) is 5.75 Å². The van der Waals surface area contributed by atoms with E-state index < -0.39 is 41.8 Å². The molecule has 0 radical (unpaired) electrons. The molecule has 0 saturated carbocycles. The summed E-state index contributed by atoms with van der Waals surface area (Å²) in [6, 6.07) is 8.60. The Balaban J connectivity index is 0. The third-order valence-corrected chi connectivity index (χ3v) is 4.62. The second-order valence-corrected chi connectivity index (χ2v) is 6.74. The highest BCUT2D eigenvalue weighted by atomic mass is 19.4. The SMILES string of the molecule is CC.CC.CCC(O)C(O)C(CNC=O)Oc1ccc(-c2ccc(C(=O)O)cc2)cc1C(F)(F)F.OO. The molecule has 37 heavy (non-hydrogen) atoms. The summed E-state index contributed by atoms with van der Waals surface area (Å²) in [4.78, 5) is 21.5. The van der Waals surface area contributed by atoms with Crippen LogP contribution in [0.2, 0.25) is 0 Å². The maximum Gasteiger partial charge on any atom is 0.419 e. The maximum absolute atomic E-state index is 13.7. The monoisotopic (exact) mass is 535 g/mol. The molecule has 0 aromatic heterocycles. The first-order valence-corrected chi connectivity index (χ1v) is 11.5. The number of alkyl halides is 3. The van der Waals surface area contributed by atoms with Gasteiger partial charge in [-0.25, -0.2) is 4.79 Å². The normalized spacial score (nSPS) is 12.5. The lowest BCUT2D eigenvalue weighted by atomic mass is 10.0.